The predicted molar refractivity (Wildman–Crippen MR) is 438 cm³/mol. The van der Waals surface area contributed by atoms with Crippen molar-refractivity contribution in [3.8, 4) is 101 Å². The zero-order valence-electron chi connectivity index (χ0n) is 55.3. The van der Waals surface area contributed by atoms with Crippen molar-refractivity contribution in [2.24, 2.45) is 0 Å². The van der Waals surface area contributed by atoms with Crippen LogP contribution in [0.2, 0.25) is 0 Å². The van der Waals surface area contributed by atoms with Gasteiger partial charge in [0.2, 0.25) is 0 Å². The Labute approximate surface area is 606 Å². The van der Waals surface area contributed by atoms with Gasteiger partial charge in [-0.15, -0.1) is 34.0 Å². The summed E-state index contributed by atoms with van der Waals surface area (Å²) < 4.78 is 11.4. The molecule has 22 aromatic rings. The fourth-order valence-corrected chi connectivity index (χ4v) is 19.3. The molecule has 0 amide bonds. The molecular weight excluding hydrogens is 1330 g/mol. The number of nitrogens with zero attached hydrogens (tertiary/aromatic N) is 6. The standard InChI is InChI=1S/C94H52N6OS3/c1-2-19-54(20-3-1)78-52-80(98-92(96-78)75-32-18-31-71-65-26-11-15-34-83(65)102-90(71)75)62-45-46-68(59-22-5-4-21-58(59)62)89-70-44-41-56(49-76(70)87-74-30-13-17-36-85(74)104-94(87)100-89)53-37-39-55(40-38-53)77-51-79(57-42-43-64-63-25-10-14-33-81(63)101-82(64)50-57)97-91(95-77)72-48-47-69(60-23-6-7-24-61(60)72)88-67-28-9-8-27-66(67)86-73-29-12-16-35-84(73)103-93(86)99-88/h1-52H. The zero-order valence-corrected chi connectivity index (χ0v) is 57.8. The minimum atomic E-state index is 0.623. The monoisotopic (exact) mass is 1380 g/mol. The number of benzene rings is 14. The van der Waals surface area contributed by atoms with Crippen LogP contribution in [0.1, 0.15) is 0 Å². The van der Waals surface area contributed by atoms with E-state index >= 15 is 0 Å². The van der Waals surface area contributed by atoms with Gasteiger partial charge in [0.05, 0.1) is 34.2 Å². The topological polar surface area (TPSA) is 90.5 Å². The molecule has 0 spiro atoms. The van der Waals surface area contributed by atoms with Crippen LogP contribution < -0.4 is 0 Å². The molecule has 0 N–H and O–H groups in total. The molecule has 0 fully saturated rings. The molecular formula is C94H52N6OS3. The first-order valence-corrected chi connectivity index (χ1v) is 37.2. The summed E-state index contributed by atoms with van der Waals surface area (Å²) in [7, 11) is 0. The van der Waals surface area contributed by atoms with Gasteiger partial charge < -0.3 is 4.42 Å². The Morgan fingerprint density at radius 3 is 1.33 bits per heavy atom. The van der Waals surface area contributed by atoms with Crippen LogP contribution >= 0.6 is 34.0 Å². The van der Waals surface area contributed by atoms with Crippen LogP contribution in [-0.4, -0.2) is 29.9 Å². The van der Waals surface area contributed by atoms with Crippen LogP contribution in [0.3, 0.4) is 0 Å². The highest BCUT2D eigenvalue weighted by Crippen LogP contribution is 2.48. The summed E-state index contributed by atoms with van der Waals surface area (Å²) in [6, 6.07) is 113. The maximum atomic E-state index is 6.51. The SMILES string of the molecule is c1ccc(-c2cc(-c3ccc(-c4nc5sc6ccccc6c5c5cc(-c6ccc(-c7cc(-c8ccc9c(c8)oc8ccccc89)nc(-c8ccc(-c9nc%10sc%11ccccc%11c%10c%10ccccc9%10)c9ccccc89)n7)cc6)ccc45)c4ccccc34)nc(-c3cccc4c3sc3ccccc34)n2)cc1. The number of furan rings is 1. The normalized spacial score (nSPS) is 12.0. The van der Waals surface area contributed by atoms with Crippen molar-refractivity contribution in [2.45, 2.75) is 0 Å². The average molecular weight is 1380 g/mol. The lowest BCUT2D eigenvalue weighted by Crippen LogP contribution is -1.97. The van der Waals surface area contributed by atoms with E-state index < -0.39 is 0 Å². The number of hydrogen-bond acceptors (Lipinski definition) is 10. The number of aromatic nitrogens is 6. The van der Waals surface area contributed by atoms with Gasteiger partial charge in [0.15, 0.2) is 11.6 Å². The van der Waals surface area contributed by atoms with Gasteiger partial charge >= 0.3 is 0 Å². The van der Waals surface area contributed by atoms with Crippen molar-refractivity contribution in [3.05, 3.63) is 315 Å². The summed E-state index contributed by atoms with van der Waals surface area (Å²) in [6.45, 7) is 0. The number of fused-ring (bicyclic) bond motifs is 18. The van der Waals surface area contributed by atoms with Gasteiger partial charge in [-0.1, -0.05) is 249 Å². The smallest absolute Gasteiger partial charge is 0.161 e. The van der Waals surface area contributed by atoms with Gasteiger partial charge in [-0.25, -0.2) is 29.9 Å². The van der Waals surface area contributed by atoms with Crippen LogP contribution in [0.4, 0.5) is 0 Å². The Kier molecular flexibility index (Phi) is 13.2. The van der Waals surface area contributed by atoms with Gasteiger partial charge in [0.1, 0.15) is 20.8 Å². The number of hydrogen-bond donors (Lipinski definition) is 0. The third-order valence-corrected chi connectivity index (χ3v) is 24.2. The zero-order chi connectivity index (χ0) is 68.1. The van der Waals surface area contributed by atoms with Crippen molar-refractivity contribution in [1.29, 1.82) is 0 Å². The summed E-state index contributed by atoms with van der Waals surface area (Å²) in [5.74, 6) is 1.32. The molecule has 10 heteroatoms. The van der Waals surface area contributed by atoms with Crippen LogP contribution in [-0.2, 0) is 0 Å². The Hall–Kier alpha value is -13.0. The molecule has 0 saturated carbocycles. The second-order valence-electron chi connectivity index (χ2n) is 26.7. The highest BCUT2D eigenvalue weighted by Gasteiger charge is 2.24. The molecule has 0 saturated heterocycles. The summed E-state index contributed by atoms with van der Waals surface area (Å²) in [4.78, 5) is 35.1. The van der Waals surface area contributed by atoms with Gasteiger partial charge in [-0.3, -0.25) is 0 Å². The Balaban J connectivity index is 0.671. The van der Waals surface area contributed by atoms with Crippen LogP contribution in [0.25, 0.3) is 227 Å². The molecule has 0 unspecified atom stereocenters. The maximum Gasteiger partial charge on any atom is 0.161 e. The average Bonchev–Trinajstić information content (AvgIpc) is 1.22. The largest absolute Gasteiger partial charge is 0.456 e. The van der Waals surface area contributed by atoms with Crippen molar-refractivity contribution in [2.75, 3.05) is 0 Å². The Morgan fingerprint density at radius 1 is 0.212 bits per heavy atom. The molecule has 7 nitrogen and oxygen atoms in total. The van der Waals surface area contributed by atoms with Crippen LogP contribution in [0, 0.1) is 0 Å². The lowest BCUT2D eigenvalue weighted by atomic mass is 9.92. The summed E-state index contributed by atoms with van der Waals surface area (Å²) in [5, 5.41) is 18.2. The highest BCUT2D eigenvalue weighted by molar-refractivity contribution is 7.26. The number of thiophene rings is 3. The number of para-hydroxylation sites is 1. The first kappa shape index (κ1) is 58.8. The molecule has 0 atom stereocenters. The molecule has 8 aromatic heterocycles. The first-order chi connectivity index (χ1) is 51.5. The molecule has 0 aliphatic heterocycles. The minimum Gasteiger partial charge on any atom is -0.456 e. The molecule has 0 radical (unpaired) electrons. The molecule has 14 aromatic carbocycles. The molecule has 22 rings (SSSR count). The van der Waals surface area contributed by atoms with Crippen molar-refractivity contribution in [3.63, 3.8) is 0 Å². The Bertz CT molecular complexity index is 7380. The lowest BCUT2D eigenvalue weighted by Gasteiger charge is -2.16. The third-order valence-electron chi connectivity index (χ3n) is 20.8. The van der Waals surface area contributed by atoms with Crippen molar-refractivity contribution < 1.29 is 4.42 Å². The van der Waals surface area contributed by atoms with Crippen molar-refractivity contribution >= 4 is 160 Å². The second kappa shape index (κ2) is 23.3. The Morgan fingerprint density at radius 2 is 0.644 bits per heavy atom. The van der Waals surface area contributed by atoms with E-state index in [9.17, 15) is 0 Å². The van der Waals surface area contributed by atoms with Crippen LogP contribution in [0.5, 0.6) is 0 Å². The fourth-order valence-electron chi connectivity index (χ4n) is 15.9. The van der Waals surface area contributed by atoms with Crippen LogP contribution in [0.15, 0.2) is 320 Å². The third kappa shape index (κ3) is 9.33. The number of rotatable bonds is 9. The van der Waals surface area contributed by atoms with Gasteiger partial charge in [-0.2, -0.15) is 0 Å². The predicted octanol–water partition coefficient (Wildman–Crippen LogP) is 26.7. The van der Waals surface area contributed by atoms with E-state index in [0.29, 0.717) is 11.6 Å². The molecule has 104 heavy (non-hydrogen) atoms. The molecule has 0 aliphatic carbocycles. The van der Waals surface area contributed by atoms with E-state index in [0.717, 1.165) is 164 Å². The van der Waals surface area contributed by atoms with E-state index in [-0.39, 0.29) is 0 Å². The van der Waals surface area contributed by atoms with Gasteiger partial charge in [-0.05, 0) is 110 Å². The molecule has 482 valence electrons. The molecule has 8 heterocycles. The first-order valence-electron chi connectivity index (χ1n) is 34.8. The summed E-state index contributed by atoms with van der Waals surface area (Å²) in [5.41, 5.74) is 17.1. The highest BCUT2D eigenvalue weighted by atomic mass is 32.1. The van der Waals surface area contributed by atoms with Gasteiger partial charge in [0, 0.05) is 117 Å². The van der Waals surface area contributed by atoms with Gasteiger partial charge in [0.25, 0.3) is 0 Å². The quantitative estimate of drug-likeness (QED) is 0.142. The summed E-state index contributed by atoms with van der Waals surface area (Å²) in [6.07, 6.45) is 0. The minimum absolute atomic E-state index is 0.623. The van der Waals surface area contributed by atoms with Crippen molar-refractivity contribution in [1.82, 2.24) is 29.9 Å². The second-order valence-corrected chi connectivity index (χ2v) is 29.8. The van der Waals surface area contributed by atoms with E-state index in [1.807, 2.05) is 12.1 Å². The maximum absolute atomic E-state index is 6.51. The van der Waals surface area contributed by atoms with E-state index in [4.69, 9.17) is 34.3 Å². The molecule has 0 bridgehead atoms. The van der Waals surface area contributed by atoms with E-state index in [1.165, 1.54) is 51.1 Å². The molecule has 0 aliphatic rings. The van der Waals surface area contributed by atoms with E-state index in [1.54, 1.807) is 34.0 Å². The lowest BCUT2D eigenvalue weighted by molar-refractivity contribution is 0.669. The fraction of sp³-hybridized carbons (Fsp3) is 0. The number of pyridine rings is 2. The van der Waals surface area contributed by atoms with E-state index in [2.05, 4.69) is 303 Å². The summed E-state index contributed by atoms with van der Waals surface area (Å²) >= 11 is 5.29.